The van der Waals surface area contributed by atoms with Crippen molar-refractivity contribution in [2.45, 2.75) is 25.7 Å². The highest BCUT2D eigenvalue weighted by atomic mass is 32.2. The van der Waals surface area contributed by atoms with Crippen molar-refractivity contribution in [2.24, 2.45) is 0 Å². The van der Waals surface area contributed by atoms with Crippen LogP contribution in [0.1, 0.15) is 18.2 Å². The molecule has 0 unspecified atom stereocenters. The van der Waals surface area contributed by atoms with Crippen molar-refractivity contribution in [3.8, 4) is 10.4 Å². The zero-order valence-corrected chi connectivity index (χ0v) is 12.6. The van der Waals surface area contributed by atoms with Crippen LogP contribution in [0.15, 0.2) is 28.6 Å². The van der Waals surface area contributed by atoms with Crippen LogP contribution in [0.3, 0.4) is 0 Å². The van der Waals surface area contributed by atoms with Crippen LogP contribution in [0.5, 0.6) is 0 Å². The number of aromatic nitrogens is 1. The average Bonchev–Trinajstić information content (AvgIpc) is 2.74. The number of hydrogen-bond acceptors (Lipinski definition) is 5. The van der Waals surface area contributed by atoms with Gasteiger partial charge in [-0.1, -0.05) is 11.6 Å². The van der Waals surface area contributed by atoms with Crippen molar-refractivity contribution in [3.63, 3.8) is 0 Å². The van der Waals surface area contributed by atoms with Gasteiger partial charge in [-0.15, -0.1) is 11.3 Å². The molecule has 0 spiro atoms. The molecule has 0 radical (unpaired) electrons. The van der Waals surface area contributed by atoms with Crippen molar-refractivity contribution >= 4 is 21.5 Å². The quantitative estimate of drug-likeness (QED) is 0.813. The summed E-state index contributed by atoms with van der Waals surface area (Å²) in [7, 11) is -3.72. The molecule has 1 heterocycles. The summed E-state index contributed by atoms with van der Waals surface area (Å²) in [5, 5.41) is 0. The van der Waals surface area contributed by atoms with Crippen LogP contribution in [-0.4, -0.2) is 20.0 Å². The van der Waals surface area contributed by atoms with Crippen molar-refractivity contribution in [1.82, 2.24) is 4.98 Å². The number of aryl methyl sites for hydroxylation is 2. The molecular formula is C13H15NO3S2. The minimum atomic E-state index is -3.72. The van der Waals surface area contributed by atoms with Crippen LogP contribution >= 0.6 is 11.3 Å². The summed E-state index contributed by atoms with van der Waals surface area (Å²) in [6, 6.07) is 5.22. The van der Waals surface area contributed by atoms with E-state index in [-0.39, 0.29) is 11.5 Å². The van der Waals surface area contributed by atoms with E-state index in [1.165, 1.54) is 11.3 Å². The third-order valence-corrected chi connectivity index (χ3v) is 5.07. The number of hydrogen-bond donors (Lipinski definition) is 0. The Bertz CT molecular complexity index is 690. The Labute approximate surface area is 117 Å². The second kappa shape index (κ2) is 5.40. The van der Waals surface area contributed by atoms with Crippen LogP contribution in [0, 0.1) is 13.8 Å². The van der Waals surface area contributed by atoms with Gasteiger partial charge in [-0.25, -0.2) is 4.98 Å². The van der Waals surface area contributed by atoms with Gasteiger partial charge in [-0.05, 0) is 32.9 Å². The maximum absolute atomic E-state index is 12.1. The molecule has 102 valence electrons. The van der Waals surface area contributed by atoms with Gasteiger partial charge in [0.25, 0.3) is 10.1 Å². The average molecular weight is 297 g/mol. The summed E-state index contributed by atoms with van der Waals surface area (Å²) in [5.41, 5.74) is 4.19. The van der Waals surface area contributed by atoms with Gasteiger partial charge in [0.2, 0.25) is 0 Å². The lowest BCUT2D eigenvalue weighted by Gasteiger charge is -2.10. The van der Waals surface area contributed by atoms with Crippen molar-refractivity contribution in [1.29, 1.82) is 0 Å². The van der Waals surface area contributed by atoms with Gasteiger partial charge in [0.15, 0.2) is 0 Å². The highest BCUT2D eigenvalue weighted by molar-refractivity contribution is 7.87. The first kappa shape index (κ1) is 14.2. The molecule has 19 heavy (non-hydrogen) atoms. The third-order valence-electron chi connectivity index (χ3n) is 2.67. The molecule has 1 aromatic carbocycles. The predicted octanol–water partition coefficient (Wildman–Crippen LogP) is 3.15. The molecule has 0 saturated carbocycles. The van der Waals surface area contributed by atoms with Gasteiger partial charge >= 0.3 is 0 Å². The second-order valence-corrected chi connectivity index (χ2v) is 6.57. The number of thiazole rings is 1. The molecule has 0 saturated heterocycles. The van der Waals surface area contributed by atoms with E-state index in [0.29, 0.717) is 5.56 Å². The van der Waals surface area contributed by atoms with Crippen molar-refractivity contribution in [2.75, 3.05) is 6.61 Å². The van der Waals surface area contributed by atoms with Gasteiger partial charge in [-0.2, -0.15) is 8.42 Å². The highest BCUT2D eigenvalue weighted by Crippen LogP contribution is 2.34. The molecule has 2 aromatic rings. The molecule has 0 bridgehead atoms. The molecule has 1 aromatic heterocycles. The van der Waals surface area contributed by atoms with E-state index < -0.39 is 10.1 Å². The highest BCUT2D eigenvalue weighted by Gasteiger charge is 2.21. The Kier molecular flexibility index (Phi) is 4.03. The summed E-state index contributed by atoms with van der Waals surface area (Å²) >= 11 is 1.43. The fraction of sp³-hybridized carbons (Fsp3) is 0.308. The minimum absolute atomic E-state index is 0.122. The Morgan fingerprint density at radius 1 is 1.32 bits per heavy atom. The maximum atomic E-state index is 12.1. The normalized spacial score (nSPS) is 11.7. The fourth-order valence-electron chi connectivity index (χ4n) is 1.82. The molecule has 0 N–H and O–H groups in total. The standard InChI is InChI=1S/C13H15NO3S2/c1-4-17-19(15,16)12-6-5-9(2)7-11(12)13-10(3)14-8-18-13/h5-8H,4H2,1-3H3. The Morgan fingerprint density at radius 2 is 2.05 bits per heavy atom. The lowest BCUT2D eigenvalue weighted by molar-refractivity contribution is 0.338. The monoisotopic (exact) mass is 297 g/mol. The van der Waals surface area contributed by atoms with E-state index in [0.717, 1.165) is 16.1 Å². The fourth-order valence-corrected chi connectivity index (χ4v) is 3.82. The molecule has 4 nitrogen and oxygen atoms in total. The number of rotatable bonds is 4. The maximum Gasteiger partial charge on any atom is 0.297 e. The van der Waals surface area contributed by atoms with E-state index in [2.05, 4.69) is 4.98 Å². The molecule has 2 rings (SSSR count). The summed E-state index contributed by atoms with van der Waals surface area (Å²) < 4.78 is 29.2. The Morgan fingerprint density at radius 3 is 2.63 bits per heavy atom. The van der Waals surface area contributed by atoms with E-state index in [1.54, 1.807) is 24.6 Å². The first-order valence-electron chi connectivity index (χ1n) is 5.86. The van der Waals surface area contributed by atoms with Crippen LogP contribution in [0.25, 0.3) is 10.4 Å². The molecule has 6 heteroatoms. The first-order valence-corrected chi connectivity index (χ1v) is 8.15. The molecule has 0 fully saturated rings. The van der Waals surface area contributed by atoms with Gasteiger partial charge in [0.1, 0.15) is 4.90 Å². The lowest BCUT2D eigenvalue weighted by Crippen LogP contribution is -2.07. The predicted molar refractivity (Wildman–Crippen MR) is 75.8 cm³/mol. The molecule has 0 aliphatic heterocycles. The van der Waals surface area contributed by atoms with Gasteiger partial charge < -0.3 is 0 Å². The summed E-state index contributed by atoms with van der Waals surface area (Å²) in [5.74, 6) is 0. The first-order chi connectivity index (χ1) is 8.95. The van der Waals surface area contributed by atoms with Crippen LogP contribution in [0.2, 0.25) is 0 Å². The van der Waals surface area contributed by atoms with Gasteiger partial charge in [-0.3, -0.25) is 4.18 Å². The third kappa shape index (κ3) is 2.86. The number of nitrogens with zero attached hydrogens (tertiary/aromatic N) is 1. The Balaban J connectivity index is 2.67. The van der Waals surface area contributed by atoms with Gasteiger partial charge in [0, 0.05) is 5.56 Å². The Hall–Kier alpha value is -1.24. The number of benzene rings is 1. The molecular weight excluding hydrogens is 282 g/mol. The molecule has 0 aliphatic carbocycles. The van der Waals surface area contributed by atoms with E-state index in [4.69, 9.17) is 4.18 Å². The second-order valence-electron chi connectivity index (χ2n) is 4.13. The largest absolute Gasteiger partial charge is 0.297 e. The molecule has 0 amide bonds. The minimum Gasteiger partial charge on any atom is -0.267 e. The molecule has 0 atom stereocenters. The topological polar surface area (TPSA) is 56.3 Å². The van der Waals surface area contributed by atoms with Gasteiger partial charge in [0.05, 0.1) is 22.7 Å². The molecule has 0 aliphatic rings. The summed E-state index contributed by atoms with van der Waals surface area (Å²) in [4.78, 5) is 5.24. The van der Waals surface area contributed by atoms with E-state index >= 15 is 0 Å². The SMILES string of the molecule is CCOS(=O)(=O)c1ccc(C)cc1-c1scnc1C. The van der Waals surface area contributed by atoms with Crippen LogP contribution in [0.4, 0.5) is 0 Å². The zero-order valence-electron chi connectivity index (χ0n) is 11.0. The summed E-state index contributed by atoms with van der Waals surface area (Å²) in [6.45, 7) is 5.57. The van der Waals surface area contributed by atoms with E-state index in [1.807, 2.05) is 19.9 Å². The smallest absolute Gasteiger partial charge is 0.267 e. The van der Waals surface area contributed by atoms with E-state index in [9.17, 15) is 8.42 Å². The van der Waals surface area contributed by atoms with Crippen molar-refractivity contribution in [3.05, 3.63) is 35.0 Å². The van der Waals surface area contributed by atoms with Crippen molar-refractivity contribution < 1.29 is 12.6 Å². The van der Waals surface area contributed by atoms with Crippen LogP contribution < -0.4 is 0 Å². The lowest BCUT2D eigenvalue weighted by atomic mass is 10.1. The van der Waals surface area contributed by atoms with Crippen LogP contribution in [-0.2, 0) is 14.3 Å². The zero-order chi connectivity index (χ0) is 14.0. The summed E-state index contributed by atoms with van der Waals surface area (Å²) in [6.07, 6.45) is 0.